The van der Waals surface area contributed by atoms with Crippen LogP contribution in [0.4, 0.5) is 5.82 Å². The van der Waals surface area contributed by atoms with Crippen molar-refractivity contribution in [2.75, 3.05) is 23.7 Å². The molecular weight excluding hydrogens is 639 g/mol. The van der Waals surface area contributed by atoms with Crippen LogP contribution in [-0.4, -0.2) is 75.7 Å². The number of hydrogen-bond acceptors (Lipinski definition) is 7. The van der Waals surface area contributed by atoms with Gasteiger partial charge in [0, 0.05) is 54.1 Å². The molecule has 1 aliphatic carbocycles. The number of nitrogens with two attached hydrogens (primary N) is 1. The summed E-state index contributed by atoms with van der Waals surface area (Å²) in [6, 6.07) is 20.0. The minimum Gasteiger partial charge on any atom is -0.482 e. The molecule has 0 radical (unpaired) electrons. The van der Waals surface area contributed by atoms with Crippen molar-refractivity contribution in [1.82, 2.24) is 23.8 Å². The number of carbonyl (C=O) groups is 1. The number of nitrogens with zero attached hydrogens (tertiary/aromatic N) is 6. The van der Waals surface area contributed by atoms with Crippen LogP contribution in [0.25, 0.3) is 28.1 Å². The van der Waals surface area contributed by atoms with Gasteiger partial charge in [-0.2, -0.15) is 0 Å². The van der Waals surface area contributed by atoms with Crippen LogP contribution in [0, 0.1) is 12.8 Å². The Morgan fingerprint density at radius 2 is 1.82 bits per heavy atom. The Hall–Kier alpha value is -4.42. The lowest BCUT2D eigenvalue weighted by Crippen LogP contribution is -2.42. The van der Waals surface area contributed by atoms with Crippen LogP contribution in [0.2, 0.25) is 0 Å². The third-order valence-corrected chi connectivity index (χ3v) is 13.0. The molecule has 7 heterocycles. The fourth-order valence-corrected chi connectivity index (χ4v) is 10.1. The number of ether oxygens (including phenoxy) is 1. The van der Waals surface area contributed by atoms with Crippen molar-refractivity contribution in [3.05, 3.63) is 77.5 Å². The summed E-state index contributed by atoms with van der Waals surface area (Å²) in [5.74, 6) is 1.67. The summed E-state index contributed by atoms with van der Waals surface area (Å²) in [5, 5.41) is 0.925. The lowest BCUT2D eigenvalue weighted by atomic mass is 9.96. The van der Waals surface area contributed by atoms with Gasteiger partial charge in [0.2, 0.25) is 10.0 Å². The summed E-state index contributed by atoms with van der Waals surface area (Å²) in [6.07, 6.45) is 5.66. The van der Waals surface area contributed by atoms with Gasteiger partial charge >= 0.3 is 0 Å². The number of methoxy groups -OCH3 is 1. The van der Waals surface area contributed by atoms with Gasteiger partial charge in [-0.15, -0.1) is 0 Å². The lowest BCUT2D eigenvalue weighted by molar-refractivity contribution is 0.0726. The van der Waals surface area contributed by atoms with Gasteiger partial charge in [0.05, 0.1) is 24.3 Å². The number of aromatic nitrogens is 4. The van der Waals surface area contributed by atoms with Crippen molar-refractivity contribution in [2.45, 2.75) is 76.0 Å². The van der Waals surface area contributed by atoms with Gasteiger partial charge < -0.3 is 19.9 Å². The van der Waals surface area contributed by atoms with Crippen LogP contribution in [0.3, 0.4) is 0 Å². The molecule has 9 rings (SSSR count). The van der Waals surface area contributed by atoms with Crippen molar-refractivity contribution >= 4 is 38.4 Å². The Bertz CT molecular complexity index is 2230. The van der Waals surface area contributed by atoms with Crippen molar-refractivity contribution < 1.29 is 17.9 Å². The SMILES string of the molecule is COc1cc(C(=O)N2[C@H]3CC[C@@H]2[C@H](N)C3)cc2nc(-c3cc4ccc(N5CC(c6ccccc6)CCS5(=O)=O)nc4n3CC3CC3)c(C)n12. The molecule has 3 saturated heterocycles. The predicted molar refractivity (Wildman–Crippen MR) is 188 cm³/mol. The zero-order valence-electron chi connectivity index (χ0n) is 27.8. The van der Waals surface area contributed by atoms with E-state index in [1.165, 1.54) is 4.31 Å². The Morgan fingerprint density at radius 3 is 2.53 bits per heavy atom. The Kier molecular flexibility index (Phi) is 7.07. The van der Waals surface area contributed by atoms with Crippen LogP contribution >= 0.6 is 0 Å². The van der Waals surface area contributed by atoms with E-state index in [1.54, 1.807) is 7.11 Å². The maximum Gasteiger partial charge on any atom is 0.254 e. The van der Waals surface area contributed by atoms with Crippen LogP contribution in [0.1, 0.15) is 66.1 Å². The zero-order chi connectivity index (χ0) is 33.6. The predicted octanol–water partition coefficient (Wildman–Crippen LogP) is 5.11. The Morgan fingerprint density at radius 1 is 1.00 bits per heavy atom. The van der Waals surface area contributed by atoms with Gasteiger partial charge in [-0.1, -0.05) is 30.3 Å². The average molecular weight is 680 g/mol. The lowest BCUT2D eigenvalue weighted by Gasteiger charge is -2.33. The topological polar surface area (TPSA) is 128 Å². The maximum atomic E-state index is 13.9. The van der Waals surface area contributed by atoms with Crippen molar-refractivity contribution in [3.63, 3.8) is 0 Å². The quantitative estimate of drug-likeness (QED) is 0.253. The van der Waals surface area contributed by atoms with Crippen LogP contribution in [0.15, 0.2) is 60.7 Å². The van der Waals surface area contributed by atoms with Gasteiger partial charge in [0.1, 0.15) is 22.8 Å². The molecule has 5 aromatic rings. The largest absolute Gasteiger partial charge is 0.482 e. The summed E-state index contributed by atoms with van der Waals surface area (Å²) in [6.45, 7) is 3.14. The summed E-state index contributed by atoms with van der Waals surface area (Å²) in [5.41, 5.74) is 12.0. The first-order valence-corrected chi connectivity index (χ1v) is 19.0. The van der Waals surface area contributed by atoms with Crippen molar-refractivity contribution in [1.29, 1.82) is 0 Å². The molecule has 1 amide bonds. The molecule has 0 spiro atoms. The molecular formula is C37H41N7O4S. The number of benzene rings is 1. The average Bonchev–Trinajstić information content (AvgIpc) is 3.42. The fourth-order valence-electron chi connectivity index (χ4n) is 8.53. The van der Waals surface area contributed by atoms with Gasteiger partial charge in [-0.05, 0) is 81.2 Å². The first kappa shape index (κ1) is 30.6. The molecule has 1 unspecified atom stereocenters. The molecule has 254 valence electrons. The Labute approximate surface area is 285 Å². The number of rotatable bonds is 7. The molecule has 12 heteroatoms. The molecule has 3 aliphatic heterocycles. The van der Waals surface area contributed by atoms with Gasteiger partial charge in [0.25, 0.3) is 5.91 Å². The van der Waals surface area contributed by atoms with E-state index < -0.39 is 10.0 Å². The smallest absolute Gasteiger partial charge is 0.254 e. The highest BCUT2D eigenvalue weighted by molar-refractivity contribution is 7.92. The zero-order valence-corrected chi connectivity index (χ0v) is 28.6. The van der Waals surface area contributed by atoms with Crippen molar-refractivity contribution in [2.24, 2.45) is 11.7 Å². The molecule has 4 atom stereocenters. The van der Waals surface area contributed by atoms with Gasteiger partial charge in [-0.25, -0.2) is 18.4 Å². The number of pyridine rings is 2. The molecule has 11 nitrogen and oxygen atoms in total. The van der Waals surface area contributed by atoms with E-state index in [0.29, 0.717) is 41.8 Å². The summed E-state index contributed by atoms with van der Waals surface area (Å²) >= 11 is 0. The highest BCUT2D eigenvalue weighted by Crippen LogP contribution is 2.40. The van der Waals surface area contributed by atoms with E-state index in [1.807, 2.05) is 58.7 Å². The second-order valence-electron chi connectivity index (χ2n) is 14.3. The van der Waals surface area contributed by atoms with E-state index in [2.05, 4.69) is 22.8 Å². The number of hydrogen-bond donors (Lipinski definition) is 1. The highest BCUT2D eigenvalue weighted by Gasteiger charge is 2.47. The molecule has 1 saturated carbocycles. The van der Waals surface area contributed by atoms with E-state index in [9.17, 15) is 13.2 Å². The van der Waals surface area contributed by atoms with Crippen LogP contribution in [-0.2, 0) is 16.6 Å². The van der Waals surface area contributed by atoms with E-state index in [4.69, 9.17) is 20.4 Å². The normalized spacial score (nSPS) is 24.7. The number of fused-ring (bicyclic) bond motifs is 4. The fraction of sp³-hybridized carbons (Fsp3) is 0.432. The standard InChI is InChI=1S/C37H41N7O4S/c1-22-35(39-33-17-27(18-34(48-2)43(22)33)37(45)44-28-11-12-30(44)29(38)19-28)31-16-25-10-13-32(40-36(25)41(31)20-23-8-9-23)42-21-26(14-15-49(42,46)47)24-6-4-3-5-7-24/h3-7,10,13,16-18,23,26,28-30H,8-9,11-12,14-15,19-21,38H2,1-2H3/t26?,28-,29+,30+/m0/s1. The summed E-state index contributed by atoms with van der Waals surface area (Å²) in [7, 11) is -1.90. The summed E-state index contributed by atoms with van der Waals surface area (Å²) < 4.78 is 38.4. The number of imidazole rings is 1. The number of carbonyl (C=O) groups excluding carboxylic acids is 1. The number of sulfonamides is 1. The highest BCUT2D eigenvalue weighted by atomic mass is 32.2. The molecule has 2 N–H and O–H groups in total. The Balaban J connectivity index is 1.13. The maximum absolute atomic E-state index is 13.9. The van der Waals surface area contributed by atoms with E-state index >= 15 is 0 Å². The van der Waals surface area contributed by atoms with Gasteiger partial charge in [-0.3, -0.25) is 13.5 Å². The second-order valence-corrected chi connectivity index (χ2v) is 16.4. The second kappa shape index (κ2) is 11.3. The molecule has 4 aliphatic rings. The monoisotopic (exact) mass is 679 g/mol. The minimum absolute atomic E-state index is 0.0230. The first-order valence-electron chi connectivity index (χ1n) is 17.4. The third kappa shape index (κ3) is 5.01. The van der Waals surface area contributed by atoms with E-state index in [0.717, 1.165) is 72.3 Å². The van der Waals surface area contributed by atoms with Crippen LogP contribution < -0.4 is 14.8 Å². The number of amides is 1. The molecule has 4 aromatic heterocycles. The van der Waals surface area contributed by atoms with Crippen molar-refractivity contribution in [3.8, 4) is 17.3 Å². The number of anilines is 1. The first-order chi connectivity index (χ1) is 23.7. The molecule has 2 bridgehead atoms. The van der Waals surface area contributed by atoms with E-state index in [-0.39, 0.29) is 35.7 Å². The molecule has 49 heavy (non-hydrogen) atoms. The van der Waals surface area contributed by atoms with Gasteiger partial charge in [0.15, 0.2) is 5.88 Å². The third-order valence-electron chi connectivity index (χ3n) is 11.3. The minimum atomic E-state index is -3.52. The molecule has 4 fully saturated rings. The number of aryl methyl sites for hydroxylation is 1. The summed E-state index contributed by atoms with van der Waals surface area (Å²) in [4.78, 5) is 26.0. The van der Waals surface area contributed by atoms with Crippen LogP contribution in [0.5, 0.6) is 5.88 Å². The molecule has 1 aromatic carbocycles.